The van der Waals surface area contributed by atoms with Crippen LogP contribution in [0.1, 0.15) is 0 Å². The van der Waals surface area contributed by atoms with Gasteiger partial charge in [-0.25, -0.2) is 17.8 Å². The monoisotopic (exact) mass is 268 g/mol. The number of nitrogens with zero attached hydrogens (tertiary/aromatic N) is 4. The summed E-state index contributed by atoms with van der Waals surface area (Å²) in [7, 11) is -0.521. The number of hydrogen-bond donors (Lipinski definition) is 2. The minimum absolute atomic E-state index is 0.0514. The molecule has 2 N–H and O–H groups in total. The number of nitrogens with one attached hydrogen (secondary N) is 2. The van der Waals surface area contributed by atoms with Crippen LogP contribution in [0.2, 0.25) is 0 Å². The second-order valence-electron chi connectivity index (χ2n) is 3.43. The van der Waals surface area contributed by atoms with Crippen LogP contribution in [0.5, 0.6) is 0 Å². The molecule has 2 aromatic rings. The third-order valence-corrected chi connectivity index (χ3v) is 3.64. The first-order valence-electron chi connectivity index (χ1n) is 5.03. The molecule has 0 atom stereocenters. The van der Waals surface area contributed by atoms with Gasteiger partial charge in [0.2, 0.25) is 5.95 Å². The molecule has 0 unspecified atom stereocenters. The molecule has 0 aliphatic carbocycles. The van der Waals surface area contributed by atoms with Gasteiger partial charge in [-0.1, -0.05) is 0 Å². The molecule has 0 amide bonds. The van der Waals surface area contributed by atoms with Crippen molar-refractivity contribution in [2.24, 2.45) is 7.05 Å². The molecule has 9 heteroatoms. The van der Waals surface area contributed by atoms with E-state index in [1.54, 1.807) is 20.2 Å². The maximum absolute atomic E-state index is 12.2. The molecular weight excluding hydrogens is 256 g/mol. The van der Waals surface area contributed by atoms with Crippen molar-refractivity contribution >= 4 is 21.7 Å². The molecule has 2 heterocycles. The van der Waals surface area contributed by atoms with Crippen molar-refractivity contribution in [2.45, 2.75) is 4.90 Å². The largest absolute Gasteiger partial charge is 0.387 e. The lowest BCUT2D eigenvalue weighted by atomic mass is 10.4. The Kier molecular flexibility index (Phi) is 3.15. The van der Waals surface area contributed by atoms with Gasteiger partial charge < -0.3 is 5.32 Å². The second-order valence-corrected chi connectivity index (χ2v) is 5.09. The molecular formula is C9H12N6O2S. The summed E-state index contributed by atoms with van der Waals surface area (Å²) in [5.74, 6) is 0.140. The van der Waals surface area contributed by atoms with Crippen LogP contribution in [0.4, 0.5) is 11.6 Å². The van der Waals surface area contributed by atoms with E-state index in [1.807, 2.05) is 0 Å². The van der Waals surface area contributed by atoms with Crippen LogP contribution in [0.15, 0.2) is 29.7 Å². The van der Waals surface area contributed by atoms with E-state index in [0.29, 0.717) is 5.69 Å². The van der Waals surface area contributed by atoms with Gasteiger partial charge in [-0.15, -0.1) is 0 Å². The topological polar surface area (TPSA) is 102 Å². The van der Waals surface area contributed by atoms with Gasteiger partial charge in [0.25, 0.3) is 10.0 Å². The molecule has 18 heavy (non-hydrogen) atoms. The van der Waals surface area contributed by atoms with Crippen LogP contribution >= 0.6 is 0 Å². The number of rotatable bonds is 4. The molecule has 2 rings (SSSR count). The van der Waals surface area contributed by atoms with E-state index in [1.165, 1.54) is 23.4 Å². The van der Waals surface area contributed by atoms with Gasteiger partial charge in [0.15, 0.2) is 0 Å². The van der Waals surface area contributed by atoms with Gasteiger partial charge in [-0.3, -0.25) is 4.98 Å². The van der Waals surface area contributed by atoms with Gasteiger partial charge in [0, 0.05) is 26.5 Å². The van der Waals surface area contributed by atoms with Crippen LogP contribution in [0, 0.1) is 0 Å². The standard InChI is InChI=1S/C9H12N6O2S/c1-10-7-3-4-11-5-8(7)18(16,17)14-9-12-6-13-15(9)2/h3-6H,1-2H3,(H,10,11)(H,12,13,14). The second kappa shape index (κ2) is 4.61. The third kappa shape index (κ3) is 2.25. The van der Waals surface area contributed by atoms with Crippen LogP contribution in [0.25, 0.3) is 0 Å². The van der Waals surface area contributed by atoms with Crippen molar-refractivity contribution < 1.29 is 8.42 Å². The molecule has 96 valence electrons. The SMILES string of the molecule is CNc1ccncc1S(=O)(=O)Nc1ncnn1C. The zero-order valence-corrected chi connectivity index (χ0v) is 10.6. The summed E-state index contributed by atoms with van der Waals surface area (Å²) >= 11 is 0. The number of aromatic nitrogens is 4. The predicted octanol–water partition coefficient (Wildman–Crippen LogP) is 0.0526. The van der Waals surface area contributed by atoms with Crippen LogP contribution < -0.4 is 10.0 Å². The molecule has 2 aromatic heterocycles. The number of pyridine rings is 1. The van der Waals surface area contributed by atoms with E-state index >= 15 is 0 Å². The molecule has 0 spiro atoms. The van der Waals surface area contributed by atoms with Crippen LogP contribution in [0.3, 0.4) is 0 Å². The Labute approximate surface area is 104 Å². The van der Waals surface area contributed by atoms with Gasteiger partial charge in [-0.2, -0.15) is 10.1 Å². The number of aryl methyl sites for hydroxylation is 1. The normalized spacial score (nSPS) is 11.2. The Balaban J connectivity index is 2.40. The summed E-state index contributed by atoms with van der Waals surface area (Å²) < 4.78 is 28.0. The van der Waals surface area contributed by atoms with E-state index in [0.717, 1.165) is 0 Å². The van der Waals surface area contributed by atoms with Gasteiger partial charge in [-0.05, 0) is 6.07 Å². The zero-order chi connectivity index (χ0) is 13.2. The Morgan fingerprint density at radius 3 is 2.78 bits per heavy atom. The maximum atomic E-state index is 12.2. The Morgan fingerprint density at radius 1 is 1.39 bits per heavy atom. The molecule has 0 bridgehead atoms. The highest BCUT2D eigenvalue weighted by Gasteiger charge is 2.20. The molecule has 0 saturated carbocycles. The van der Waals surface area contributed by atoms with Crippen LogP contribution in [-0.4, -0.2) is 35.2 Å². The van der Waals surface area contributed by atoms with E-state index in [4.69, 9.17) is 0 Å². The predicted molar refractivity (Wildman–Crippen MR) is 65.6 cm³/mol. The summed E-state index contributed by atoms with van der Waals surface area (Å²) in [6.45, 7) is 0. The highest BCUT2D eigenvalue weighted by atomic mass is 32.2. The van der Waals surface area contributed by atoms with E-state index in [2.05, 4.69) is 25.1 Å². The third-order valence-electron chi connectivity index (χ3n) is 2.28. The van der Waals surface area contributed by atoms with Crippen molar-refractivity contribution in [1.29, 1.82) is 0 Å². The fraction of sp³-hybridized carbons (Fsp3) is 0.222. The van der Waals surface area contributed by atoms with Gasteiger partial charge in [0.05, 0.1) is 5.69 Å². The lowest BCUT2D eigenvalue weighted by Crippen LogP contribution is -2.17. The van der Waals surface area contributed by atoms with Crippen molar-refractivity contribution in [3.05, 3.63) is 24.8 Å². The molecule has 0 radical (unpaired) electrons. The quantitative estimate of drug-likeness (QED) is 0.812. The summed E-state index contributed by atoms with van der Waals surface area (Å²) in [6, 6.07) is 1.57. The highest BCUT2D eigenvalue weighted by Crippen LogP contribution is 2.20. The smallest absolute Gasteiger partial charge is 0.267 e. The summed E-state index contributed by atoms with van der Waals surface area (Å²) in [4.78, 5) is 7.66. The average Bonchev–Trinajstić information content (AvgIpc) is 2.74. The number of sulfonamides is 1. The van der Waals surface area contributed by atoms with Gasteiger partial charge in [0.1, 0.15) is 11.2 Å². The Bertz CT molecular complexity index is 651. The summed E-state index contributed by atoms with van der Waals surface area (Å²) in [5, 5.41) is 6.58. The lowest BCUT2D eigenvalue weighted by Gasteiger charge is -2.10. The van der Waals surface area contributed by atoms with Crippen molar-refractivity contribution in [2.75, 3.05) is 17.1 Å². The molecule has 0 saturated heterocycles. The molecule has 0 aliphatic rings. The first kappa shape index (κ1) is 12.3. The van der Waals surface area contributed by atoms with Crippen LogP contribution in [-0.2, 0) is 17.1 Å². The highest BCUT2D eigenvalue weighted by molar-refractivity contribution is 7.92. The first-order valence-corrected chi connectivity index (χ1v) is 6.51. The van der Waals surface area contributed by atoms with E-state index < -0.39 is 10.0 Å². The number of anilines is 2. The molecule has 0 aromatic carbocycles. The molecule has 8 nitrogen and oxygen atoms in total. The van der Waals surface area contributed by atoms with Crippen molar-refractivity contribution in [3.63, 3.8) is 0 Å². The molecule has 0 fully saturated rings. The Hall–Kier alpha value is -2.16. The minimum Gasteiger partial charge on any atom is -0.387 e. The average molecular weight is 268 g/mol. The fourth-order valence-electron chi connectivity index (χ4n) is 1.36. The maximum Gasteiger partial charge on any atom is 0.267 e. The van der Waals surface area contributed by atoms with Crippen molar-refractivity contribution in [3.8, 4) is 0 Å². The van der Waals surface area contributed by atoms with E-state index in [-0.39, 0.29) is 10.8 Å². The lowest BCUT2D eigenvalue weighted by molar-refractivity contribution is 0.600. The Morgan fingerprint density at radius 2 is 2.17 bits per heavy atom. The first-order chi connectivity index (χ1) is 8.54. The fourth-order valence-corrected chi connectivity index (χ4v) is 2.56. The molecule has 0 aliphatic heterocycles. The summed E-state index contributed by atoms with van der Waals surface area (Å²) in [6.07, 6.45) is 4.04. The van der Waals surface area contributed by atoms with E-state index in [9.17, 15) is 8.42 Å². The zero-order valence-electron chi connectivity index (χ0n) is 9.82. The summed E-state index contributed by atoms with van der Waals surface area (Å²) in [5.41, 5.74) is 0.458. The minimum atomic E-state index is -3.75. The van der Waals surface area contributed by atoms with Gasteiger partial charge >= 0.3 is 0 Å². The van der Waals surface area contributed by atoms with Crippen molar-refractivity contribution in [1.82, 2.24) is 19.7 Å². The number of hydrogen-bond acceptors (Lipinski definition) is 6.